The summed E-state index contributed by atoms with van der Waals surface area (Å²) in [6.07, 6.45) is 1.32. The predicted octanol–water partition coefficient (Wildman–Crippen LogP) is 1.02. The summed E-state index contributed by atoms with van der Waals surface area (Å²) in [7, 11) is 0. The molecule has 2 saturated heterocycles. The molecule has 0 amide bonds. The summed E-state index contributed by atoms with van der Waals surface area (Å²) in [5, 5.41) is 0. The third kappa shape index (κ3) is 2.03. The fourth-order valence-corrected chi connectivity index (χ4v) is 3.98. The van der Waals surface area contributed by atoms with Gasteiger partial charge in [-0.05, 0) is 37.1 Å². The molecule has 2 aliphatic rings. The van der Waals surface area contributed by atoms with Gasteiger partial charge in [0.1, 0.15) is 0 Å². The lowest BCUT2D eigenvalue weighted by Crippen LogP contribution is -2.38. The molecule has 2 nitrogen and oxygen atoms in total. The van der Waals surface area contributed by atoms with Gasteiger partial charge in [-0.1, -0.05) is 6.92 Å². The topological polar surface area (TPSA) is 29.3 Å². The van der Waals surface area contributed by atoms with E-state index < -0.39 is 0 Å². The van der Waals surface area contributed by atoms with Gasteiger partial charge in [0.15, 0.2) is 0 Å². The van der Waals surface area contributed by atoms with Crippen molar-refractivity contribution in [3.63, 3.8) is 0 Å². The maximum absolute atomic E-state index is 5.70. The minimum absolute atomic E-state index is 0.776. The van der Waals surface area contributed by atoms with Gasteiger partial charge < -0.3 is 5.73 Å². The highest BCUT2D eigenvalue weighted by atomic mass is 32.2. The number of nitrogens with zero attached hydrogens (tertiary/aromatic N) is 1. The molecule has 3 unspecified atom stereocenters. The molecule has 2 N–H and O–H groups in total. The SMILES string of the molecule is CC1CSCC1N1CCC(CN)C1. The molecule has 3 heteroatoms. The van der Waals surface area contributed by atoms with E-state index in [1.165, 1.54) is 31.0 Å². The molecule has 2 aliphatic heterocycles. The number of nitrogens with two attached hydrogens (primary N) is 1. The summed E-state index contributed by atoms with van der Waals surface area (Å²) in [6.45, 7) is 5.81. The molecule has 0 saturated carbocycles. The van der Waals surface area contributed by atoms with Gasteiger partial charge in [-0.3, -0.25) is 4.90 Å². The number of hydrogen-bond acceptors (Lipinski definition) is 3. The Hall–Kier alpha value is 0.270. The summed E-state index contributed by atoms with van der Waals surface area (Å²) in [5.41, 5.74) is 5.70. The summed E-state index contributed by atoms with van der Waals surface area (Å²) in [4.78, 5) is 2.67. The minimum Gasteiger partial charge on any atom is -0.330 e. The molecule has 0 radical (unpaired) electrons. The van der Waals surface area contributed by atoms with Crippen molar-refractivity contribution in [2.75, 3.05) is 31.1 Å². The second-order valence-corrected chi connectivity index (χ2v) is 5.54. The molecule has 0 spiro atoms. The van der Waals surface area contributed by atoms with Crippen molar-refractivity contribution in [1.82, 2.24) is 4.90 Å². The summed E-state index contributed by atoms with van der Waals surface area (Å²) in [6, 6.07) is 0.849. The molecular weight excluding hydrogens is 180 g/mol. The Morgan fingerprint density at radius 1 is 1.46 bits per heavy atom. The summed E-state index contributed by atoms with van der Waals surface area (Å²) >= 11 is 2.11. The van der Waals surface area contributed by atoms with Crippen molar-refractivity contribution in [3.05, 3.63) is 0 Å². The van der Waals surface area contributed by atoms with Crippen LogP contribution in [0.25, 0.3) is 0 Å². The smallest absolute Gasteiger partial charge is 0.0219 e. The first-order valence-electron chi connectivity index (χ1n) is 5.33. The Kier molecular flexibility index (Phi) is 3.17. The Balaban J connectivity index is 1.88. The van der Waals surface area contributed by atoms with Gasteiger partial charge in [-0.2, -0.15) is 11.8 Å². The fourth-order valence-electron chi connectivity index (χ4n) is 2.47. The lowest BCUT2D eigenvalue weighted by molar-refractivity contribution is 0.215. The number of rotatable bonds is 2. The van der Waals surface area contributed by atoms with Gasteiger partial charge in [0, 0.05) is 18.3 Å². The van der Waals surface area contributed by atoms with E-state index in [1.54, 1.807) is 0 Å². The first-order valence-corrected chi connectivity index (χ1v) is 6.48. The molecule has 2 fully saturated rings. The molecule has 0 aromatic heterocycles. The largest absolute Gasteiger partial charge is 0.330 e. The molecule has 0 bridgehead atoms. The number of likely N-dealkylation sites (tertiary alicyclic amines) is 1. The minimum atomic E-state index is 0.776. The molecule has 0 aromatic carbocycles. The average Bonchev–Trinajstić information content (AvgIpc) is 2.71. The second-order valence-electron chi connectivity index (χ2n) is 4.47. The Labute approximate surface area is 85.2 Å². The molecule has 2 rings (SSSR count). The Bertz CT molecular complexity index is 174. The summed E-state index contributed by atoms with van der Waals surface area (Å²) in [5.74, 6) is 4.37. The first kappa shape index (κ1) is 9.81. The zero-order chi connectivity index (χ0) is 9.26. The van der Waals surface area contributed by atoms with Crippen LogP contribution < -0.4 is 5.73 Å². The van der Waals surface area contributed by atoms with E-state index in [1.807, 2.05) is 0 Å². The van der Waals surface area contributed by atoms with Crippen LogP contribution in [-0.2, 0) is 0 Å². The zero-order valence-corrected chi connectivity index (χ0v) is 9.22. The van der Waals surface area contributed by atoms with Crippen molar-refractivity contribution < 1.29 is 0 Å². The molecule has 0 aromatic rings. The fraction of sp³-hybridized carbons (Fsp3) is 1.00. The molecular formula is C10H20N2S. The van der Waals surface area contributed by atoms with E-state index in [2.05, 4.69) is 23.6 Å². The van der Waals surface area contributed by atoms with Crippen molar-refractivity contribution >= 4 is 11.8 Å². The van der Waals surface area contributed by atoms with Crippen molar-refractivity contribution in [2.45, 2.75) is 19.4 Å². The van der Waals surface area contributed by atoms with E-state index in [0.29, 0.717) is 0 Å². The van der Waals surface area contributed by atoms with E-state index in [9.17, 15) is 0 Å². The molecule has 2 heterocycles. The second kappa shape index (κ2) is 4.20. The van der Waals surface area contributed by atoms with E-state index in [0.717, 1.165) is 24.4 Å². The van der Waals surface area contributed by atoms with E-state index >= 15 is 0 Å². The molecule has 0 aliphatic carbocycles. The van der Waals surface area contributed by atoms with Crippen LogP contribution in [0.15, 0.2) is 0 Å². The predicted molar refractivity (Wildman–Crippen MR) is 59.0 cm³/mol. The van der Waals surface area contributed by atoms with Gasteiger partial charge in [0.25, 0.3) is 0 Å². The highest BCUT2D eigenvalue weighted by Crippen LogP contribution is 2.31. The lowest BCUT2D eigenvalue weighted by atomic mass is 10.1. The van der Waals surface area contributed by atoms with E-state index in [4.69, 9.17) is 5.73 Å². The van der Waals surface area contributed by atoms with Crippen molar-refractivity contribution in [2.24, 2.45) is 17.6 Å². The number of thioether (sulfide) groups is 1. The average molecular weight is 200 g/mol. The van der Waals surface area contributed by atoms with Gasteiger partial charge in [0.05, 0.1) is 0 Å². The standard InChI is InChI=1S/C10H20N2S/c1-8-6-13-7-10(8)12-3-2-9(4-11)5-12/h8-10H,2-7,11H2,1H3. The van der Waals surface area contributed by atoms with Gasteiger partial charge >= 0.3 is 0 Å². The van der Waals surface area contributed by atoms with Gasteiger partial charge in [0.2, 0.25) is 0 Å². The third-order valence-corrected chi connectivity index (χ3v) is 4.78. The van der Waals surface area contributed by atoms with Crippen LogP contribution in [0.3, 0.4) is 0 Å². The van der Waals surface area contributed by atoms with Crippen molar-refractivity contribution in [1.29, 1.82) is 0 Å². The Morgan fingerprint density at radius 2 is 2.31 bits per heavy atom. The highest BCUT2D eigenvalue weighted by molar-refractivity contribution is 7.99. The zero-order valence-electron chi connectivity index (χ0n) is 8.41. The summed E-state index contributed by atoms with van der Waals surface area (Å²) < 4.78 is 0. The maximum atomic E-state index is 5.70. The van der Waals surface area contributed by atoms with Crippen LogP contribution in [0.4, 0.5) is 0 Å². The van der Waals surface area contributed by atoms with Crippen LogP contribution >= 0.6 is 11.8 Å². The van der Waals surface area contributed by atoms with E-state index in [-0.39, 0.29) is 0 Å². The van der Waals surface area contributed by atoms with Crippen molar-refractivity contribution in [3.8, 4) is 0 Å². The quantitative estimate of drug-likeness (QED) is 0.721. The molecule has 76 valence electrons. The first-order chi connectivity index (χ1) is 6.31. The van der Waals surface area contributed by atoms with Crippen LogP contribution in [-0.4, -0.2) is 42.1 Å². The van der Waals surface area contributed by atoms with Crippen LogP contribution in [0.2, 0.25) is 0 Å². The Morgan fingerprint density at radius 3 is 2.85 bits per heavy atom. The van der Waals surface area contributed by atoms with Crippen LogP contribution in [0.5, 0.6) is 0 Å². The lowest BCUT2D eigenvalue weighted by Gasteiger charge is -2.26. The normalized spacial score (nSPS) is 41.5. The monoisotopic (exact) mass is 200 g/mol. The maximum Gasteiger partial charge on any atom is 0.0219 e. The molecule has 3 atom stereocenters. The number of hydrogen-bond donors (Lipinski definition) is 1. The highest BCUT2D eigenvalue weighted by Gasteiger charge is 2.33. The third-order valence-electron chi connectivity index (χ3n) is 3.45. The van der Waals surface area contributed by atoms with Gasteiger partial charge in [-0.25, -0.2) is 0 Å². The molecule has 13 heavy (non-hydrogen) atoms. The van der Waals surface area contributed by atoms with Crippen LogP contribution in [0.1, 0.15) is 13.3 Å². The van der Waals surface area contributed by atoms with Gasteiger partial charge in [-0.15, -0.1) is 0 Å². The van der Waals surface area contributed by atoms with Crippen LogP contribution in [0, 0.1) is 11.8 Å².